The van der Waals surface area contributed by atoms with Crippen LogP contribution in [0, 0.1) is 11.6 Å². The predicted octanol–water partition coefficient (Wildman–Crippen LogP) is 2.86. The molecule has 0 aliphatic carbocycles. The zero-order valence-corrected chi connectivity index (χ0v) is 13.0. The van der Waals surface area contributed by atoms with Crippen molar-refractivity contribution in [3.05, 3.63) is 52.4 Å². The van der Waals surface area contributed by atoms with Gasteiger partial charge in [0.1, 0.15) is 16.2 Å². The summed E-state index contributed by atoms with van der Waals surface area (Å²) in [6.07, 6.45) is 2.96. The van der Waals surface area contributed by atoms with Crippen LogP contribution in [0.4, 0.5) is 8.78 Å². The minimum absolute atomic E-state index is 0.126. The van der Waals surface area contributed by atoms with Crippen molar-refractivity contribution in [2.75, 3.05) is 0 Å². The highest BCUT2D eigenvalue weighted by molar-refractivity contribution is 9.10. The predicted molar refractivity (Wildman–Crippen MR) is 81.6 cm³/mol. The summed E-state index contributed by atoms with van der Waals surface area (Å²) in [7, 11) is 0. The normalized spacial score (nSPS) is 11.4. The lowest BCUT2D eigenvalue weighted by Gasteiger charge is -2.08. The SMILES string of the molecule is Fc1cc2ncccc2c(F)c1Cn1nnc2ncc(Br)nc21. The first kappa shape index (κ1) is 14.1. The van der Waals surface area contributed by atoms with Gasteiger partial charge in [-0.2, -0.15) is 0 Å². The number of rotatable bonds is 2. The van der Waals surface area contributed by atoms with E-state index in [-0.39, 0.29) is 23.0 Å². The molecular formula is C14H7BrF2N6. The average Bonchev–Trinajstić information content (AvgIpc) is 2.93. The number of benzene rings is 1. The highest BCUT2D eigenvalue weighted by Crippen LogP contribution is 2.24. The lowest BCUT2D eigenvalue weighted by Crippen LogP contribution is -2.08. The average molecular weight is 377 g/mol. The minimum Gasteiger partial charge on any atom is -0.256 e. The Balaban J connectivity index is 1.87. The van der Waals surface area contributed by atoms with Gasteiger partial charge in [-0.05, 0) is 28.1 Å². The van der Waals surface area contributed by atoms with Crippen molar-refractivity contribution in [3.63, 3.8) is 0 Å². The van der Waals surface area contributed by atoms with Crippen molar-refractivity contribution < 1.29 is 8.78 Å². The van der Waals surface area contributed by atoms with Crippen LogP contribution in [-0.2, 0) is 6.54 Å². The maximum atomic E-state index is 14.6. The van der Waals surface area contributed by atoms with Gasteiger partial charge in [-0.15, -0.1) is 5.10 Å². The molecule has 3 aromatic heterocycles. The monoisotopic (exact) mass is 376 g/mol. The fraction of sp³-hybridized carbons (Fsp3) is 0.0714. The number of hydrogen-bond donors (Lipinski definition) is 0. The first-order valence-corrected chi connectivity index (χ1v) is 7.36. The second-order valence-electron chi connectivity index (χ2n) is 4.81. The number of halogens is 3. The van der Waals surface area contributed by atoms with Gasteiger partial charge >= 0.3 is 0 Å². The Morgan fingerprint density at radius 3 is 2.96 bits per heavy atom. The molecule has 4 aromatic rings. The molecule has 0 bridgehead atoms. The molecule has 0 amide bonds. The van der Waals surface area contributed by atoms with Gasteiger partial charge in [0.15, 0.2) is 5.65 Å². The van der Waals surface area contributed by atoms with Crippen molar-refractivity contribution in [2.45, 2.75) is 6.54 Å². The van der Waals surface area contributed by atoms with E-state index in [1.165, 1.54) is 23.1 Å². The second kappa shape index (κ2) is 5.27. The molecule has 9 heteroatoms. The third-order valence-electron chi connectivity index (χ3n) is 3.40. The van der Waals surface area contributed by atoms with E-state index in [4.69, 9.17) is 0 Å². The van der Waals surface area contributed by atoms with Gasteiger partial charge in [-0.25, -0.2) is 23.4 Å². The fourth-order valence-electron chi connectivity index (χ4n) is 2.33. The van der Waals surface area contributed by atoms with E-state index in [1.807, 2.05) is 0 Å². The summed E-state index contributed by atoms with van der Waals surface area (Å²) in [4.78, 5) is 12.2. The molecule has 1 aromatic carbocycles. The Morgan fingerprint density at radius 1 is 1.22 bits per heavy atom. The number of pyridine rings is 1. The molecule has 0 aliphatic rings. The van der Waals surface area contributed by atoms with E-state index < -0.39 is 11.6 Å². The standard InChI is InChI=1S/C14H7BrF2N6/c15-11-5-19-13-14(20-11)23(22-21-13)6-8-9(16)4-10-7(12(8)17)2-1-3-18-10/h1-5H,6H2. The van der Waals surface area contributed by atoms with E-state index in [9.17, 15) is 8.78 Å². The lowest BCUT2D eigenvalue weighted by molar-refractivity contribution is 0.538. The largest absolute Gasteiger partial charge is 0.256 e. The summed E-state index contributed by atoms with van der Waals surface area (Å²) in [5.41, 5.74) is 0.775. The zero-order chi connectivity index (χ0) is 16.0. The molecule has 0 saturated carbocycles. The van der Waals surface area contributed by atoms with Crippen LogP contribution in [0.5, 0.6) is 0 Å². The third kappa shape index (κ3) is 2.33. The molecule has 6 nitrogen and oxygen atoms in total. The van der Waals surface area contributed by atoms with Crippen LogP contribution in [0.1, 0.15) is 5.56 Å². The Labute approximate surface area is 136 Å². The molecule has 0 atom stereocenters. The van der Waals surface area contributed by atoms with Gasteiger partial charge in [0, 0.05) is 23.2 Å². The molecule has 4 rings (SSSR count). The van der Waals surface area contributed by atoms with Crippen LogP contribution in [0.2, 0.25) is 0 Å². The lowest BCUT2D eigenvalue weighted by atomic mass is 10.1. The maximum absolute atomic E-state index is 14.6. The van der Waals surface area contributed by atoms with Gasteiger partial charge in [0.25, 0.3) is 0 Å². The summed E-state index contributed by atoms with van der Waals surface area (Å²) in [5, 5.41) is 7.96. The molecule has 0 fully saturated rings. The van der Waals surface area contributed by atoms with E-state index in [2.05, 4.69) is 41.2 Å². The van der Waals surface area contributed by atoms with Crippen LogP contribution in [0.15, 0.2) is 35.2 Å². The molecule has 0 unspecified atom stereocenters. The van der Waals surface area contributed by atoms with Crippen LogP contribution in [0.25, 0.3) is 22.2 Å². The molecule has 0 saturated heterocycles. The van der Waals surface area contributed by atoms with E-state index >= 15 is 0 Å². The molecule has 0 radical (unpaired) electrons. The zero-order valence-electron chi connectivity index (χ0n) is 11.4. The van der Waals surface area contributed by atoms with Crippen molar-refractivity contribution in [2.24, 2.45) is 0 Å². The molecule has 0 spiro atoms. The quantitative estimate of drug-likeness (QED) is 0.537. The summed E-state index contributed by atoms with van der Waals surface area (Å²) < 4.78 is 30.7. The maximum Gasteiger partial charge on any atom is 0.221 e. The van der Waals surface area contributed by atoms with Crippen LogP contribution in [0.3, 0.4) is 0 Å². The first-order chi connectivity index (χ1) is 11.1. The van der Waals surface area contributed by atoms with Crippen LogP contribution < -0.4 is 0 Å². The van der Waals surface area contributed by atoms with Crippen LogP contribution >= 0.6 is 15.9 Å². The van der Waals surface area contributed by atoms with Gasteiger partial charge in [0.05, 0.1) is 18.3 Å². The van der Waals surface area contributed by atoms with Gasteiger partial charge < -0.3 is 0 Å². The van der Waals surface area contributed by atoms with Gasteiger partial charge in [-0.1, -0.05) is 5.21 Å². The second-order valence-corrected chi connectivity index (χ2v) is 5.62. The van der Waals surface area contributed by atoms with Crippen molar-refractivity contribution in [1.29, 1.82) is 0 Å². The Kier molecular flexibility index (Phi) is 3.22. The highest BCUT2D eigenvalue weighted by atomic mass is 79.9. The van der Waals surface area contributed by atoms with E-state index in [0.717, 1.165) is 0 Å². The summed E-state index contributed by atoms with van der Waals surface area (Å²) >= 11 is 3.20. The number of hydrogen-bond acceptors (Lipinski definition) is 5. The Bertz CT molecular complexity index is 1050. The highest BCUT2D eigenvalue weighted by Gasteiger charge is 2.17. The van der Waals surface area contributed by atoms with Crippen LogP contribution in [-0.4, -0.2) is 29.9 Å². The fourth-order valence-corrected chi connectivity index (χ4v) is 2.60. The van der Waals surface area contributed by atoms with Crippen molar-refractivity contribution in [1.82, 2.24) is 29.9 Å². The van der Waals surface area contributed by atoms with E-state index in [1.54, 1.807) is 12.1 Å². The molecule has 0 aliphatic heterocycles. The Hall–Kier alpha value is -2.55. The molecular weight excluding hydrogens is 370 g/mol. The molecule has 3 heterocycles. The topological polar surface area (TPSA) is 69.4 Å². The van der Waals surface area contributed by atoms with E-state index in [0.29, 0.717) is 15.9 Å². The first-order valence-electron chi connectivity index (χ1n) is 6.57. The third-order valence-corrected chi connectivity index (χ3v) is 3.78. The Morgan fingerprint density at radius 2 is 2.09 bits per heavy atom. The smallest absolute Gasteiger partial charge is 0.221 e. The van der Waals surface area contributed by atoms with Gasteiger partial charge in [0.2, 0.25) is 5.65 Å². The molecule has 23 heavy (non-hydrogen) atoms. The van der Waals surface area contributed by atoms with Crippen molar-refractivity contribution in [3.8, 4) is 0 Å². The number of nitrogens with zero attached hydrogens (tertiary/aromatic N) is 6. The minimum atomic E-state index is -0.694. The summed E-state index contributed by atoms with van der Waals surface area (Å²) in [6.45, 7) is -0.149. The van der Waals surface area contributed by atoms with Gasteiger partial charge in [-0.3, -0.25) is 4.98 Å². The van der Waals surface area contributed by atoms with Crippen molar-refractivity contribution >= 4 is 38.1 Å². The number of aromatic nitrogens is 6. The summed E-state index contributed by atoms with van der Waals surface area (Å²) in [5.74, 6) is -1.36. The molecule has 0 N–H and O–H groups in total. The number of fused-ring (bicyclic) bond motifs is 2. The molecule has 114 valence electrons. The summed E-state index contributed by atoms with van der Waals surface area (Å²) in [6, 6.07) is 4.35.